The fraction of sp³-hybridized carbons (Fsp3) is 0.350. The summed E-state index contributed by atoms with van der Waals surface area (Å²) in [6, 6.07) is 11.8. The number of benzene rings is 1. The van der Waals surface area contributed by atoms with Crippen molar-refractivity contribution in [3.05, 3.63) is 52.9 Å². The first kappa shape index (κ1) is 18.4. The SMILES string of the molecule is Cc1ccc(C(=O)CSc2nnc(-c3cccs3)n2CC2CCCO2)cc1. The topological polar surface area (TPSA) is 57.0 Å². The second kappa shape index (κ2) is 8.37. The summed E-state index contributed by atoms with van der Waals surface area (Å²) in [6.45, 7) is 3.56. The number of hydrogen-bond donors (Lipinski definition) is 0. The van der Waals surface area contributed by atoms with Crippen LogP contribution in [0.25, 0.3) is 10.7 Å². The van der Waals surface area contributed by atoms with Crippen molar-refractivity contribution in [1.82, 2.24) is 14.8 Å². The zero-order valence-electron chi connectivity index (χ0n) is 15.1. The Morgan fingerprint density at radius 3 is 2.85 bits per heavy atom. The number of ether oxygens (including phenoxy) is 1. The third kappa shape index (κ3) is 4.31. The Morgan fingerprint density at radius 2 is 2.15 bits per heavy atom. The van der Waals surface area contributed by atoms with Gasteiger partial charge in [-0.25, -0.2) is 0 Å². The molecule has 0 saturated carbocycles. The Balaban J connectivity index is 1.52. The van der Waals surface area contributed by atoms with Gasteiger partial charge in [0.25, 0.3) is 0 Å². The van der Waals surface area contributed by atoms with Gasteiger partial charge in [-0.05, 0) is 31.2 Å². The number of hydrogen-bond acceptors (Lipinski definition) is 6. The molecule has 7 heteroatoms. The molecule has 1 aliphatic rings. The molecule has 1 fully saturated rings. The summed E-state index contributed by atoms with van der Waals surface area (Å²) in [7, 11) is 0. The minimum absolute atomic E-state index is 0.101. The maximum absolute atomic E-state index is 12.5. The number of Topliss-reactive ketones (excluding diaryl/α,β-unsaturated/α-hetero) is 1. The van der Waals surface area contributed by atoms with Crippen molar-refractivity contribution in [2.24, 2.45) is 0 Å². The van der Waals surface area contributed by atoms with E-state index in [2.05, 4.69) is 14.8 Å². The van der Waals surface area contributed by atoms with Crippen LogP contribution in [-0.4, -0.2) is 39.0 Å². The minimum Gasteiger partial charge on any atom is -0.376 e. The summed E-state index contributed by atoms with van der Waals surface area (Å²) in [5.41, 5.74) is 1.88. The normalized spacial score (nSPS) is 16.7. The van der Waals surface area contributed by atoms with Gasteiger partial charge in [0.2, 0.25) is 0 Å². The highest BCUT2D eigenvalue weighted by Gasteiger charge is 2.22. The molecule has 1 saturated heterocycles. The van der Waals surface area contributed by atoms with E-state index in [1.807, 2.05) is 48.7 Å². The number of ketones is 1. The van der Waals surface area contributed by atoms with E-state index in [4.69, 9.17) is 4.74 Å². The molecule has 1 aromatic carbocycles. The fourth-order valence-corrected chi connectivity index (χ4v) is 4.65. The van der Waals surface area contributed by atoms with E-state index < -0.39 is 0 Å². The first-order valence-corrected chi connectivity index (χ1v) is 10.9. The lowest BCUT2D eigenvalue weighted by Gasteiger charge is -2.14. The molecule has 140 valence electrons. The first-order chi connectivity index (χ1) is 13.2. The summed E-state index contributed by atoms with van der Waals surface area (Å²) in [5.74, 6) is 1.30. The summed E-state index contributed by atoms with van der Waals surface area (Å²) >= 11 is 3.09. The molecule has 0 radical (unpaired) electrons. The smallest absolute Gasteiger partial charge is 0.192 e. The molecule has 1 unspecified atom stereocenters. The molecule has 3 aromatic rings. The van der Waals surface area contributed by atoms with Gasteiger partial charge < -0.3 is 4.74 Å². The molecule has 5 nitrogen and oxygen atoms in total. The van der Waals surface area contributed by atoms with Crippen LogP contribution in [-0.2, 0) is 11.3 Å². The molecule has 1 aliphatic heterocycles. The van der Waals surface area contributed by atoms with Crippen molar-refractivity contribution in [3.63, 3.8) is 0 Å². The number of carbonyl (C=O) groups is 1. The summed E-state index contributed by atoms with van der Waals surface area (Å²) < 4.78 is 7.92. The van der Waals surface area contributed by atoms with Crippen LogP contribution >= 0.6 is 23.1 Å². The lowest BCUT2D eigenvalue weighted by Crippen LogP contribution is -2.17. The van der Waals surface area contributed by atoms with Crippen molar-refractivity contribution in [1.29, 1.82) is 0 Å². The third-order valence-electron chi connectivity index (χ3n) is 4.57. The van der Waals surface area contributed by atoms with Crippen LogP contribution in [0.5, 0.6) is 0 Å². The Kier molecular flexibility index (Phi) is 5.71. The number of nitrogens with zero attached hydrogens (tertiary/aromatic N) is 3. The maximum atomic E-state index is 12.5. The number of aryl methyl sites for hydroxylation is 1. The average molecular weight is 400 g/mol. The van der Waals surface area contributed by atoms with E-state index >= 15 is 0 Å². The molecule has 0 bridgehead atoms. The number of thioether (sulfide) groups is 1. The highest BCUT2D eigenvalue weighted by Crippen LogP contribution is 2.29. The standard InChI is InChI=1S/C20H21N3O2S2/c1-14-6-8-15(9-7-14)17(24)13-27-20-22-21-19(18-5-3-11-26-18)23(20)12-16-4-2-10-25-16/h3,5-9,11,16H,2,4,10,12-13H2,1H3. The highest BCUT2D eigenvalue weighted by molar-refractivity contribution is 7.99. The first-order valence-electron chi connectivity index (χ1n) is 9.02. The number of thiophene rings is 1. The molecule has 4 rings (SSSR count). The summed E-state index contributed by atoms with van der Waals surface area (Å²) in [5, 5.41) is 11.6. The largest absolute Gasteiger partial charge is 0.376 e. The molecule has 0 amide bonds. The van der Waals surface area contributed by atoms with Gasteiger partial charge in [-0.1, -0.05) is 47.7 Å². The molecular formula is C20H21N3O2S2. The van der Waals surface area contributed by atoms with E-state index in [1.54, 1.807) is 11.3 Å². The molecule has 3 heterocycles. The van der Waals surface area contributed by atoms with Gasteiger partial charge in [0, 0.05) is 12.2 Å². The quantitative estimate of drug-likeness (QED) is 0.433. The van der Waals surface area contributed by atoms with Crippen LogP contribution < -0.4 is 0 Å². The van der Waals surface area contributed by atoms with Gasteiger partial charge in [0.15, 0.2) is 16.8 Å². The van der Waals surface area contributed by atoms with E-state index in [1.165, 1.54) is 11.8 Å². The summed E-state index contributed by atoms with van der Waals surface area (Å²) in [6.07, 6.45) is 2.33. The number of aromatic nitrogens is 3. The van der Waals surface area contributed by atoms with E-state index in [0.29, 0.717) is 5.75 Å². The van der Waals surface area contributed by atoms with E-state index in [-0.39, 0.29) is 11.9 Å². The van der Waals surface area contributed by atoms with Crippen LogP contribution in [0.15, 0.2) is 46.9 Å². The van der Waals surface area contributed by atoms with Gasteiger partial charge in [0.05, 0.1) is 23.3 Å². The van der Waals surface area contributed by atoms with Crippen molar-refractivity contribution >= 4 is 28.9 Å². The van der Waals surface area contributed by atoms with Gasteiger partial charge in [-0.3, -0.25) is 9.36 Å². The molecule has 0 aliphatic carbocycles. The van der Waals surface area contributed by atoms with Gasteiger partial charge in [-0.2, -0.15) is 0 Å². The number of rotatable bonds is 7. The summed E-state index contributed by atoms with van der Waals surface area (Å²) in [4.78, 5) is 13.6. The monoisotopic (exact) mass is 399 g/mol. The van der Waals surface area contributed by atoms with E-state index in [9.17, 15) is 4.79 Å². The zero-order valence-corrected chi connectivity index (χ0v) is 16.8. The van der Waals surface area contributed by atoms with Crippen molar-refractivity contribution < 1.29 is 9.53 Å². The average Bonchev–Trinajstić information content (AvgIpc) is 3.43. The Morgan fingerprint density at radius 1 is 1.30 bits per heavy atom. The molecule has 2 aromatic heterocycles. The molecule has 0 N–H and O–H groups in total. The molecular weight excluding hydrogens is 378 g/mol. The van der Waals surface area contributed by atoms with Crippen LogP contribution in [0.1, 0.15) is 28.8 Å². The van der Waals surface area contributed by atoms with Crippen molar-refractivity contribution in [2.45, 2.75) is 37.6 Å². The van der Waals surface area contributed by atoms with Crippen molar-refractivity contribution in [2.75, 3.05) is 12.4 Å². The van der Waals surface area contributed by atoms with Crippen LogP contribution in [0, 0.1) is 6.92 Å². The van der Waals surface area contributed by atoms with Crippen LogP contribution in [0.4, 0.5) is 0 Å². The van der Waals surface area contributed by atoms with E-state index in [0.717, 1.165) is 53.0 Å². The highest BCUT2D eigenvalue weighted by atomic mass is 32.2. The molecule has 1 atom stereocenters. The Hall–Kier alpha value is -1.96. The predicted octanol–water partition coefficient (Wildman–Crippen LogP) is 4.47. The predicted molar refractivity (Wildman–Crippen MR) is 109 cm³/mol. The Labute approximate surface area is 166 Å². The van der Waals surface area contributed by atoms with Crippen LogP contribution in [0.3, 0.4) is 0 Å². The van der Waals surface area contributed by atoms with Gasteiger partial charge >= 0.3 is 0 Å². The number of carbonyl (C=O) groups excluding carboxylic acids is 1. The molecule has 0 spiro atoms. The Bertz CT molecular complexity index is 898. The van der Waals surface area contributed by atoms with Crippen LogP contribution in [0.2, 0.25) is 0 Å². The maximum Gasteiger partial charge on any atom is 0.192 e. The minimum atomic E-state index is 0.101. The second-order valence-corrected chi connectivity index (χ2v) is 8.50. The van der Waals surface area contributed by atoms with Gasteiger partial charge in [-0.15, -0.1) is 21.5 Å². The second-order valence-electron chi connectivity index (χ2n) is 6.61. The lowest BCUT2D eigenvalue weighted by molar-refractivity contribution is 0.0953. The zero-order chi connectivity index (χ0) is 18.6. The third-order valence-corrected chi connectivity index (χ3v) is 6.41. The lowest BCUT2D eigenvalue weighted by atomic mass is 10.1. The van der Waals surface area contributed by atoms with Gasteiger partial charge in [0.1, 0.15) is 0 Å². The van der Waals surface area contributed by atoms with Crippen molar-refractivity contribution in [3.8, 4) is 10.7 Å². The molecule has 27 heavy (non-hydrogen) atoms. The fourth-order valence-electron chi connectivity index (χ4n) is 3.09.